The fraction of sp³-hybridized carbons (Fsp3) is 0.346. The Hall–Kier alpha value is -3.28. The average molecular weight is 433 g/mol. The molecule has 1 aromatic heterocycles. The molecule has 1 atom stereocenters. The molecule has 0 aliphatic carbocycles. The van der Waals surface area contributed by atoms with Crippen molar-refractivity contribution in [1.82, 2.24) is 10.2 Å². The Balaban J connectivity index is 1.36. The Morgan fingerprint density at radius 3 is 2.53 bits per heavy atom. The van der Waals surface area contributed by atoms with Crippen molar-refractivity contribution in [2.45, 2.75) is 39.0 Å². The Kier molecular flexibility index (Phi) is 7.10. The number of piperidine rings is 1. The highest BCUT2D eigenvalue weighted by molar-refractivity contribution is 5.93. The summed E-state index contributed by atoms with van der Waals surface area (Å²) in [5, 5.41) is 11.7. The van der Waals surface area contributed by atoms with Crippen molar-refractivity contribution in [3.05, 3.63) is 72.0 Å². The maximum absolute atomic E-state index is 13.1. The van der Waals surface area contributed by atoms with E-state index < -0.39 is 0 Å². The first-order chi connectivity index (χ1) is 15.6. The Morgan fingerprint density at radius 2 is 1.84 bits per heavy atom. The molecule has 166 valence electrons. The zero-order valence-corrected chi connectivity index (χ0v) is 18.4. The minimum Gasteiger partial charge on any atom is -0.354 e. The summed E-state index contributed by atoms with van der Waals surface area (Å²) in [5.41, 5.74) is 3.66. The number of carbonyl (C=O) groups excluding carboxylic acids is 1. The van der Waals surface area contributed by atoms with Crippen LogP contribution in [0.25, 0.3) is 11.3 Å². The van der Waals surface area contributed by atoms with Crippen LogP contribution in [0.3, 0.4) is 0 Å². The predicted octanol–water partition coefficient (Wildman–Crippen LogP) is 5.48. The van der Waals surface area contributed by atoms with Crippen LogP contribution in [0.1, 0.15) is 38.2 Å². The van der Waals surface area contributed by atoms with Gasteiger partial charge in [-0.3, -0.25) is 4.79 Å². The van der Waals surface area contributed by atoms with Crippen molar-refractivity contribution in [2.75, 3.05) is 23.3 Å². The predicted molar refractivity (Wildman–Crippen MR) is 126 cm³/mol. The molecule has 1 aliphatic heterocycles. The van der Waals surface area contributed by atoms with E-state index in [0.717, 1.165) is 42.9 Å². The number of benzene rings is 2. The summed E-state index contributed by atoms with van der Waals surface area (Å²) >= 11 is 0. The van der Waals surface area contributed by atoms with E-state index in [9.17, 15) is 9.18 Å². The minimum absolute atomic E-state index is 0.0481. The Labute approximate surface area is 188 Å². The zero-order valence-electron chi connectivity index (χ0n) is 18.4. The van der Waals surface area contributed by atoms with Gasteiger partial charge >= 0.3 is 0 Å². The van der Waals surface area contributed by atoms with Crippen LogP contribution in [0.4, 0.5) is 15.9 Å². The third-order valence-corrected chi connectivity index (χ3v) is 5.95. The molecule has 1 saturated heterocycles. The van der Waals surface area contributed by atoms with Crippen LogP contribution in [-0.4, -0.2) is 29.2 Å². The molecular weight excluding hydrogens is 403 g/mol. The second-order valence-corrected chi connectivity index (χ2v) is 8.36. The number of aromatic nitrogens is 2. The van der Waals surface area contributed by atoms with Gasteiger partial charge in [0.2, 0.25) is 5.91 Å². The minimum atomic E-state index is -0.275. The zero-order chi connectivity index (χ0) is 22.3. The van der Waals surface area contributed by atoms with E-state index in [1.807, 2.05) is 24.3 Å². The summed E-state index contributed by atoms with van der Waals surface area (Å²) < 4.78 is 13.1. The van der Waals surface area contributed by atoms with Gasteiger partial charge in [0.05, 0.1) is 11.6 Å². The number of hydrogen-bond donors (Lipinski definition) is 1. The quantitative estimate of drug-likeness (QED) is 0.537. The highest BCUT2D eigenvalue weighted by Crippen LogP contribution is 2.24. The highest BCUT2D eigenvalue weighted by Gasteiger charge is 2.27. The SMILES string of the molecule is CCCCc1ccc(NC(=O)C2CCCN(c3ccc(-c4ccc(F)cc4)nn3)C2)cc1. The van der Waals surface area contributed by atoms with E-state index in [0.29, 0.717) is 12.2 Å². The molecule has 0 bridgehead atoms. The molecule has 3 aromatic rings. The second-order valence-electron chi connectivity index (χ2n) is 8.36. The summed E-state index contributed by atoms with van der Waals surface area (Å²) in [6.45, 7) is 3.65. The maximum Gasteiger partial charge on any atom is 0.229 e. The van der Waals surface area contributed by atoms with Gasteiger partial charge < -0.3 is 10.2 Å². The summed E-state index contributed by atoms with van der Waals surface area (Å²) in [5.74, 6) is 0.436. The van der Waals surface area contributed by atoms with E-state index >= 15 is 0 Å². The van der Waals surface area contributed by atoms with Crippen molar-refractivity contribution in [3.63, 3.8) is 0 Å². The largest absolute Gasteiger partial charge is 0.354 e. The molecule has 1 fully saturated rings. The van der Waals surface area contributed by atoms with E-state index in [2.05, 4.69) is 39.5 Å². The number of nitrogens with one attached hydrogen (secondary N) is 1. The normalized spacial score (nSPS) is 16.1. The van der Waals surface area contributed by atoms with Crippen LogP contribution in [-0.2, 0) is 11.2 Å². The first-order valence-electron chi connectivity index (χ1n) is 11.4. The number of hydrogen-bond acceptors (Lipinski definition) is 4. The van der Waals surface area contributed by atoms with Gasteiger partial charge in [-0.2, -0.15) is 0 Å². The number of halogens is 1. The van der Waals surface area contributed by atoms with Crippen LogP contribution in [0.5, 0.6) is 0 Å². The molecule has 6 heteroatoms. The lowest BCUT2D eigenvalue weighted by molar-refractivity contribution is -0.120. The molecule has 0 spiro atoms. The number of rotatable bonds is 7. The molecule has 0 radical (unpaired) electrons. The van der Waals surface area contributed by atoms with Crippen LogP contribution >= 0.6 is 0 Å². The summed E-state index contributed by atoms with van der Waals surface area (Å²) in [6, 6.07) is 18.2. The number of anilines is 2. The van der Waals surface area contributed by atoms with Gasteiger partial charge in [-0.05, 0) is 79.8 Å². The molecule has 4 rings (SSSR count). The lowest BCUT2D eigenvalue weighted by Crippen LogP contribution is -2.41. The van der Waals surface area contributed by atoms with Gasteiger partial charge in [0, 0.05) is 24.3 Å². The third kappa shape index (κ3) is 5.49. The molecule has 32 heavy (non-hydrogen) atoms. The van der Waals surface area contributed by atoms with Gasteiger partial charge in [0.15, 0.2) is 5.82 Å². The summed E-state index contributed by atoms with van der Waals surface area (Å²) in [6.07, 6.45) is 5.21. The van der Waals surface area contributed by atoms with Crippen molar-refractivity contribution in [3.8, 4) is 11.3 Å². The van der Waals surface area contributed by atoms with E-state index in [4.69, 9.17) is 0 Å². The summed E-state index contributed by atoms with van der Waals surface area (Å²) in [4.78, 5) is 15.0. The van der Waals surface area contributed by atoms with Crippen molar-refractivity contribution in [1.29, 1.82) is 0 Å². The maximum atomic E-state index is 13.1. The lowest BCUT2D eigenvalue weighted by atomic mass is 9.97. The third-order valence-electron chi connectivity index (χ3n) is 5.95. The van der Waals surface area contributed by atoms with Gasteiger partial charge in [0.25, 0.3) is 0 Å². The average Bonchev–Trinajstić information content (AvgIpc) is 2.84. The number of unbranched alkanes of at least 4 members (excludes halogenated alkanes) is 1. The monoisotopic (exact) mass is 432 g/mol. The Morgan fingerprint density at radius 1 is 1.06 bits per heavy atom. The van der Waals surface area contributed by atoms with Crippen molar-refractivity contribution >= 4 is 17.4 Å². The van der Waals surface area contributed by atoms with Crippen LogP contribution in [0.15, 0.2) is 60.7 Å². The number of carbonyl (C=O) groups is 1. The second kappa shape index (κ2) is 10.4. The first-order valence-corrected chi connectivity index (χ1v) is 11.4. The van der Waals surface area contributed by atoms with Crippen molar-refractivity contribution in [2.24, 2.45) is 5.92 Å². The molecule has 1 N–H and O–H groups in total. The molecule has 2 heterocycles. The topological polar surface area (TPSA) is 58.1 Å². The van der Waals surface area contributed by atoms with Crippen LogP contribution < -0.4 is 10.2 Å². The molecule has 1 amide bonds. The highest BCUT2D eigenvalue weighted by atomic mass is 19.1. The molecule has 2 aromatic carbocycles. The molecule has 1 aliphatic rings. The molecule has 1 unspecified atom stereocenters. The van der Waals surface area contributed by atoms with E-state index in [1.54, 1.807) is 12.1 Å². The standard InChI is InChI=1S/C26H29FN4O/c1-2-3-5-19-7-13-23(14-8-19)28-26(32)21-6-4-17-31(18-21)25-16-15-24(29-30-25)20-9-11-22(27)12-10-20/h7-16,21H,2-6,17-18H2,1H3,(H,28,32). The van der Waals surface area contributed by atoms with Gasteiger partial charge in [-0.15, -0.1) is 10.2 Å². The van der Waals surface area contributed by atoms with Crippen molar-refractivity contribution < 1.29 is 9.18 Å². The molecular formula is C26H29FN4O. The molecule has 5 nitrogen and oxygen atoms in total. The smallest absolute Gasteiger partial charge is 0.229 e. The fourth-order valence-electron chi connectivity index (χ4n) is 4.05. The lowest BCUT2D eigenvalue weighted by Gasteiger charge is -2.32. The van der Waals surface area contributed by atoms with Gasteiger partial charge in [0.1, 0.15) is 5.82 Å². The number of aryl methyl sites for hydroxylation is 1. The fourth-order valence-corrected chi connectivity index (χ4v) is 4.05. The van der Waals surface area contributed by atoms with E-state index in [-0.39, 0.29) is 17.6 Å². The summed E-state index contributed by atoms with van der Waals surface area (Å²) in [7, 11) is 0. The Bertz CT molecular complexity index is 1020. The van der Waals surface area contributed by atoms with Gasteiger partial charge in [-0.1, -0.05) is 25.5 Å². The van der Waals surface area contributed by atoms with Crippen LogP contribution in [0.2, 0.25) is 0 Å². The van der Waals surface area contributed by atoms with E-state index in [1.165, 1.54) is 30.5 Å². The number of amides is 1. The molecule has 0 saturated carbocycles. The number of nitrogens with zero attached hydrogens (tertiary/aromatic N) is 3. The van der Waals surface area contributed by atoms with Gasteiger partial charge in [-0.25, -0.2) is 4.39 Å². The first kappa shape index (κ1) is 21.9. The van der Waals surface area contributed by atoms with Crippen LogP contribution in [0, 0.1) is 11.7 Å².